The van der Waals surface area contributed by atoms with Crippen molar-refractivity contribution in [2.45, 2.75) is 46.2 Å². The Hall–Kier alpha value is -2.60. The second kappa shape index (κ2) is 7.09. The van der Waals surface area contributed by atoms with E-state index in [1.54, 1.807) is 31.2 Å². The summed E-state index contributed by atoms with van der Waals surface area (Å²) in [6.07, 6.45) is 0. The number of halogens is 1. The van der Waals surface area contributed by atoms with Crippen LogP contribution in [-0.2, 0) is 10.3 Å². The van der Waals surface area contributed by atoms with Gasteiger partial charge >= 0.3 is 6.03 Å². The minimum absolute atomic E-state index is 0.214. The number of rotatable bonds is 5. The van der Waals surface area contributed by atoms with Crippen molar-refractivity contribution in [3.8, 4) is 0 Å². The van der Waals surface area contributed by atoms with Gasteiger partial charge < -0.3 is 9.88 Å². The summed E-state index contributed by atoms with van der Waals surface area (Å²) in [4.78, 5) is 39.4. The second-order valence-electron chi connectivity index (χ2n) is 7.63. The van der Waals surface area contributed by atoms with Crippen molar-refractivity contribution < 1.29 is 14.4 Å². The number of Topliss-reactive ketones (excluding diaryl/α,β-unsaturated/α-hetero) is 1. The summed E-state index contributed by atoms with van der Waals surface area (Å²) < 4.78 is 2.07. The van der Waals surface area contributed by atoms with Gasteiger partial charge in [0.05, 0.1) is 6.54 Å². The van der Waals surface area contributed by atoms with Crippen LogP contribution in [0.4, 0.5) is 4.79 Å². The first-order valence-electron chi connectivity index (χ1n) is 9.18. The minimum atomic E-state index is -1.23. The van der Waals surface area contributed by atoms with Crippen molar-refractivity contribution in [1.82, 2.24) is 14.8 Å². The van der Waals surface area contributed by atoms with E-state index in [4.69, 9.17) is 11.6 Å². The molecule has 7 heteroatoms. The van der Waals surface area contributed by atoms with Crippen molar-refractivity contribution in [3.05, 3.63) is 57.9 Å². The molecular weight excluding hydrogens is 378 g/mol. The molecule has 2 heterocycles. The van der Waals surface area contributed by atoms with Crippen LogP contribution in [0.15, 0.2) is 30.3 Å². The van der Waals surface area contributed by atoms with Crippen LogP contribution in [0.1, 0.15) is 54.1 Å². The average Bonchev–Trinajstić information content (AvgIpc) is 3.03. The molecule has 148 valence electrons. The van der Waals surface area contributed by atoms with Crippen LogP contribution in [0, 0.1) is 13.8 Å². The number of benzene rings is 1. The maximum atomic E-state index is 13.0. The molecule has 1 aliphatic rings. The molecule has 0 bridgehead atoms. The highest BCUT2D eigenvalue weighted by atomic mass is 35.5. The van der Waals surface area contributed by atoms with E-state index in [0.29, 0.717) is 16.1 Å². The van der Waals surface area contributed by atoms with Crippen LogP contribution >= 0.6 is 11.6 Å². The molecule has 0 saturated carbocycles. The SMILES string of the molecule is Cc1cc(C(=O)CN2C(=O)NC(C)(c3ccc(Cl)cc3)C2=O)c(C)n1C(C)C. The fraction of sp³-hybridized carbons (Fsp3) is 0.381. The van der Waals surface area contributed by atoms with Gasteiger partial charge in [-0.1, -0.05) is 23.7 Å². The summed E-state index contributed by atoms with van der Waals surface area (Å²) in [5.74, 6) is -0.713. The number of urea groups is 1. The third kappa shape index (κ3) is 3.22. The number of amides is 3. The number of hydrogen-bond donors (Lipinski definition) is 1. The summed E-state index contributed by atoms with van der Waals surface area (Å²) >= 11 is 5.92. The number of aromatic nitrogens is 1. The molecule has 1 fully saturated rings. The van der Waals surface area contributed by atoms with Gasteiger partial charge in [0.2, 0.25) is 0 Å². The van der Waals surface area contributed by atoms with E-state index < -0.39 is 17.5 Å². The summed E-state index contributed by atoms with van der Waals surface area (Å²) in [7, 11) is 0. The van der Waals surface area contributed by atoms with E-state index in [1.807, 2.05) is 33.8 Å². The molecule has 6 nitrogen and oxygen atoms in total. The van der Waals surface area contributed by atoms with Gasteiger partial charge in [-0.15, -0.1) is 0 Å². The van der Waals surface area contributed by atoms with Gasteiger partial charge in [-0.3, -0.25) is 14.5 Å². The highest BCUT2D eigenvalue weighted by Gasteiger charge is 2.49. The molecule has 1 saturated heterocycles. The largest absolute Gasteiger partial charge is 0.346 e. The van der Waals surface area contributed by atoms with E-state index in [-0.39, 0.29) is 18.4 Å². The lowest BCUT2D eigenvalue weighted by Gasteiger charge is -2.22. The van der Waals surface area contributed by atoms with Gasteiger partial charge in [-0.05, 0) is 58.4 Å². The number of imide groups is 1. The predicted molar refractivity (Wildman–Crippen MR) is 108 cm³/mol. The lowest BCUT2D eigenvalue weighted by atomic mass is 9.92. The number of hydrogen-bond acceptors (Lipinski definition) is 3. The van der Waals surface area contributed by atoms with Crippen molar-refractivity contribution in [1.29, 1.82) is 0 Å². The van der Waals surface area contributed by atoms with Gasteiger partial charge in [0.25, 0.3) is 5.91 Å². The fourth-order valence-corrected chi connectivity index (χ4v) is 4.03. The standard InChI is InChI=1S/C21H24ClN3O3/c1-12(2)25-13(3)10-17(14(25)4)18(26)11-24-19(27)21(5,23-20(24)28)15-6-8-16(22)9-7-15/h6-10,12H,11H2,1-5H3,(H,23,28). The topological polar surface area (TPSA) is 71.4 Å². The normalized spacial score (nSPS) is 19.5. The molecular formula is C21H24ClN3O3. The molecule has 1 aromatic heterocycles. The molecule has 0 spiro atoms. The maximum absolute atomic E-state index is 13.0. The molecule has 28 heavy (non-hydrogen) atoms. The molecule has 3 rings (SSSR count). The zero-order valence-electron chi connectivity index (χ0n) is 16.7. The van der Waals surface area contributed by atoms with Gasteiger partial charge in [0.1, 0.15) is 5.54 Å². The monoisotopic (exact) mass is 401 g/mol. The van der Waals surface area contributed by atoms with E-state index >= 15 is 0 Å². The van der Waals surface area contributed by atoms with Crippen LogP contribution in [0.5, 0.6) is 0 Å². The van der Waals surface area contributed by atoms with Gasteiger partial charge in [0, 0.05) is 28.0 Å². The van der Waals surface area contributed by atoms with E-state index in [1.165, 1.54) is 0 Å². The smallest absolute Gasteiger partial charge is 0.325 e. The van der Waals surface area contributed by atoms with Gasteiger partial charge in [0.15, 0.2) is 5.78 Å². The first kappa shape index (κ1) is 20.1. The Morgan fingerprint density at radius 1 is 1.18 bits per heavy atom. The van der Waals surface area contributed by atoms with Crippen LogP contribution in [0.3, 0.4) is 0 Å². The number of nitrogens with zero attached hydrogens (tertiary/aromatic N) is 2. The Bertz CT molecular complexity index is 962. The molecule has 1 atom stereocenters. The Balaban J connectivity index is 1.86. The zero-order chi connectivity index (χ0) is 20.8. The fourth-order valence-electron chi connectivity index (χ4n) is 3.90. The molecule has 2 aromatic rings. The van der Waals surface area contributed by atoms with Crippen molar-refractivity contribution in [3.63, 3.8) is 0 Å². The zero-order valence-corrected chi connectivity index (χ0v) is 17.4. The Kier molecular flexibility index (Phi) is 5.10. The van der Waals surface area contributed by atoms with Gasteiger partial charge in [-0.2, -0.15) is 0 Å². The van der Waals surface area contributed by atoms with E-state index in [2.05, 4.69) is 9.88 Å². The molecule has 0 radical (unpaired) electrons. The number of ketones is 1. The molecule has 1 unspecified atom stereocenters. The number of carbonyl (C=O) groups excluding carboxylic acids is 3. The molecule has 1 aromatic carbocycles. The summed E-state index contributed by atoms with van der Waals surface area (Å²) in [6.45, 7) is 9.24. The number of nitrogens with one attached hydrogen (secondary N) is 1. The number of carbonyl (C=O) groups is 3. The Morgan fingerprint density at radius 2 is 1.79 bits per heavy atom. The summed E-state index contributed by atoms with van der Waals surface area (Å²) in [5.41, 5.74) is 1.73. The highest BCUT2D eigenvalue weighted by Crippen LogP contribution is 2.30. The highest BCUT2D eigenvalue weighted by molar-refractivity contribution is 6.30. The average molecular weight is 402 g/mol. The minimum Gasteiger partial charge on any atom is -0.346 e. The first-order chi connectivity index (χ1) is 13.1. The third-order valence-corrected chi connectivity index (χ3v) is 5.55. The quantitative estimate of drug-likeness (QED) is 0.608. The second-order valence-corrected chi connectivity index (χ2v) is 8.06. The third-order valence-electron chi connectivity index (χ3n) is 5.30. The summed E-state index contributed by atoms with van der Waals surface area (Å²) in [5, 5.41) is 3.25. The Morgan fingerprint density at radius 3 is 2.32 bits per heavy atom. The maximum Gasteiger partial charge on any atom is 0.325 e. The predicted octanol–water partition coefficient (Wildman–Crippen LogP) is 3.99. The lowest BCUT2D eigenvalue weighted by Crippen LogP contribution is -2.41. The van der Waals surface area contributed by atoms with Crippen molar-refractivity contribution >= 4 is 29.3 Å². The first-order valence-corrected chi connectivity index (χ1v) is 9.56. The van der Waals surface area contributed by atoms with Crippen LogP contribution < -0.4 is 5.32 Å². The van der Waals surface area contributed by atoms with Crippen LogP contribution in [-0.4, -0.2) is 33.7 Å². The lowest BCUT2D eigenvalue weighted by molar-refractivity contribution is -0.130. The van der Waals surface area contributed by atoms with E-state index in [0.717, 1.165) is 16.3 Å². The molecule has 1 aliphatic heterocycles. The van der Waals surface area contributed by atoms with E-state index in [9.17, 15) is 14.4 Å². The van der Waals surface area contributed by atoms with Crippen LogP contribution in [0.2, 0.25) is 5.02 Å². The molecule has 3 amide bonds. The summed E-state index contributed by atoms with van der Waals surface area (Å²) in [6, 6.07) is 8.17. The van der Waals surface area contributed by atoms with Crippen molar-refractivity contribution in [2.75, 3.05) is 6.54 Å². The van der Waals surface area contributed by atoms with Crippen molar-refractivity contribution in [2.24, 2.45) is 0 Å². The molecule has 0 aliphatic carbocycles. The van der Waals surface area contributed by atoms with Gasteiger partial charge in [-0.25, -0.2) is 4.79 Å². The van der Waals surface area contributed by atoms with Crippen LogP contribution in [0.25, 0.3) is 0 Å². The molecule has 1 N–H and O–H groups in total. The number of aryl methyl sites for hydroxylation is 1. The Labute approximate surface area is 169 Å².